The summed E-state index contributed by atoms with van der Waals surface area (Å²) in [5, 5.41) is 1.73. The van der Waals surface area contributed by atoms with Crippen LogP contribution in [0, 0.1) is 0 Å². The molecular formula is C13H15NO4S2. The summed E-state index contributed by atoms with van der Waals surface area (Å²) in [6.07, 6.45) is 0. The Labute approximate surface area is 122 Å². The Hall–Kier alpha value is -1.73. The topological polar surface area (TPSA) is 55.8 Å². The van der Waals surface area contributed by atoms with Crippen molar-refractivity contribution >= 4 is 27.0 Å². The van der Waals surface area contributed by atoms with Gasteiger partial charge in [0.2, 0.25) is 0 Å². The van der Waals surface area contributed by atoms with E-state index in [9.17, 15) is 8.42 Å². The molecule has 0 unspecified atom stereocenters. The second-order valence-electron chi connectivity index (χ2n) is 3.94. The van der Waals surface area contributed by atoms with Crippen LogP contribution in [0.2, 0.25) is 0 Å². The van der Waals surface area contributed by atoms with Crippen LogP contribution in [-0.2, 0) is 10.0 Å². The average Bonchev–Trinajstić information content (AvgIpc) is 3.00. The largest absolute Gasteiger partial charge is 0.493 e. The van der Waals surface area contributed by atoms with Crippen LogP contribution in [0.5, 0.6) is 11.5 Å². The van der Waals surface area contributed by atoms with Crippen molar-refractivity contribution < 1.29 is 17.9 Å². The van der Waals surface area contributed by atoms with Crippen molar-refractivity contribution in [3.8, 4) is 11.5 Å². The Morgan fingerprint density at radius 1 is 1.10 bits per heavy atom. The van der Waals surface area contributed by atoms with E-state index in [-0.39, 0.29) is 0 Å². The molecule has 0 amide bonds. The zero-order valence-corrected chi connectivity index (χ0v) is 13.0. The fourth-order valence-electron chi connectivity index (χ4n) is 1.70. The van der Waals surface area contributed by atoms with Gasteiger partial charge >= 0.3 is 0 Å². The molecular weight excluding hydrogens is 298 g/mol. The van der Waals surface area contributed by atoms with Gasteiger partial charge in [0.15, 0.2) is 11.5 Å². The molecule has 108 valence electrons. The van der Waals surface area contributed by atoms with Crippen LogP contribution < -0.4 is 13.8 Å². The van der Waals surface area contributed by atoms with E-state index < -0.39 is 10.0 Å². The fourth-order valence-corrected chi connectivity index (χ4v) is 4.05. The second-order valence-corrected chi connectivity index (χ2v) is 7.09. The minimum Gasteiger partial charge on any atom is -0.493 e. The van der Waals surface area contributed by atoms with Crippen LogP contribution in [0.4, 0.5) is 5.69 Å². The number of nitrogens with zero attached hydrogens (tertiary/aromatic N) is 1. The van der Waals surface area contributed by atoms with Crippen LogP contribution in [0.25, 0.3) is 0 Å². The molecule has 1 aromatic carbocycles. The van der Waals surface area contributed by atoms with Crippen LogP contribution >= 0.6 is 11.3 Å². The van der Waals surface area contributed by atoms with Gasteiger partial charge in [0, 0.05) is 13.1 Å². The highest BCUT2D eigenvalue weighted by Crippen LogP contribution is 2.33. The first-order chi connectivity index (χ1) is 9.50. The molecule has 1 aromatic heterocycles. The molecule has 0 fully saturated rings. The molecule has 0 saturated carbocycles. The lowest BCUT2D eigenvalue weighted by Crippen LogP contribution is -2.25. The Morgan fingerprint density at radius 3 is 2.35 bits per heavy atom. The van der Waals surface area contributed by atoms with Gasteiger partial charge in [0.05, 0.1) is 19.9 Å². The van der Waals surface area contributed by atoms with Gasteiger partial charge in [-0.05, 0) is 23.6 Å². The van der Waals surface area contributed by atoms with E-state index in [1.807, 2.05) is 0 Å². The molecule has 0 aliphatic heterocycles. The number of thiophene rings is 1. The van der Waals surface area contributed by atoms with Crippen molar-refractivity contribution in [3.05, 3.63) is 35.7 Å². The maximum atomic E-state index is 12.4. The molecule has 7 heteroatoms. The SMILES string of the molecule is COc1ccc(N(C)S(=O)(=O)c2cccs2)cc1OC. The number of methoxy groups -OCH3 is 2. The van der Waals surface area contributed by atoms with Gasteiger partial charge in [-0.15, -0.1) is 11.3 Å². The number of sulfonamides is 1. The molecule has 20 heavy (non-hydrogen) atoms. The van der Waals surface area contributed by atoms with Gasteiger partial charge in [-0.2, -0.15) is 0 Å². The quantitative estimate of drug-likeness (QED) is 0.851. The maximum Gasteiger partial charge on any atom is 0.273 e. The van der Waals surface area contributed by atoms with Crippen molar-refractivity contribution in [2.75, 3.05) is 25.6 Å². The summed E-state index contributed by atoms with van der Waals surface area (Å²) in [6, 6.07) is 8.27. The average molecular weight is 313 g/mol. The predicted molar refractivity (Wildman–Crippen MR) is 79.5 cm³/mol. The highest BCUT2D eigenvalue weighted by Gasteiger charge is 2.23. The third-order valence-corrected chi connectivity index (χ3v) is 6.00. The monoisotopic (exact) mass is 313 g/mol. The molecule has 2 aromatic rings. The van der Waals surface area contributed by atoms with Crippen molar-refractivity contribution in [2.45, 2.75) is 4.21 Å². The molecule has 5 nitrogen and oxygen atoms in total. The van der Waals surface area contributed by atoms with Gasteiger partial charge < -0.3 is 9.47 Å². The standard InChI is InChI=1S/C13H15NO4S2/c1-14(20(15,16)13-5-4-8-19-13)10-6-7-11(17-2)12(9-10)18-3/h4-9H,1-3H3. The van der Waals surface area contributed by atoms with E-state index in [0.717, 1.165) is 0 Å². The van der Waals surface area contributed by atoms with Crippen LogP contribution in [-0.4, -0.2) is 29.7 Å². The lowest BCUT2D eigenvalue weighted by molar-refractivity contribution is 0.355. The van der Waals surface area contributed by atoms with E-state index in [1.165, 1.54) is 36.9 Å². The second kappa shape index (κ2) is 5.72. The zero-order valence-electron chi connectivity index (χ0n) is 11.4. The summed E-state index contributed by atoms with van der Waals surface area (Å²) in [5.74, 6) is 1.04. The molecule has 0 N–H and O–H groups in total. The molecule has 0 aliphatic carbocycles. The van der Waals surface area contributed by atoms with Crippen molar-refractivity contribution in [2.24, 2.45) is 0 Å². The minimum atomic E-state index is -3.54. The number of benzene rings is 1. The van der Waals surface area contributed by atoms with Crippen LogP contribution in [0.3, 0.4) is 0 Å². The van der Waals surface area contributed by atoms with Gasteiger partial charge in [0.1, 0.15) is 4.21 Å². The number of hydrogen-bond acceptors (Lipinski definition) is 5. The lowest BCUT2D eigenvalue weighted by atomic mass is 10.3. The van der Waals surface area contributed by atoms with Crippen molar-refractivity contribution in [1.29, 1.82) is 0 Å². The Bertz CT molecular complexity index is 680. The molecule has 0 radical (unpaired) electrons. The van der Waals surface area contributed by atoms with Crippen LogP contribution in [0.1, 0.15) is 0 Å². The Balaban J connectivity index is 2.41. The smallest absolute Gasteiger partial charge is 0.273 e. The third kappa shape index (κ3) is 2.59. The van der Waals surface area contributed by atoms with Crippen molar-refractivity contribution in [3.63, 3.8) is 0 Å². The first-order valence-corrected chi connectivity index (χ1v) is 8.07. The van der Waals surface area contributed by atoms with Gasteiger partial charge in [-0.1, -0.05) is 6.07 Å². The van der Waals surface area contributed by atoms with E-state index in [1.54, 1.807) is 35.7 Å². The van der Waals surface area contributed by atoms with E-state index in [4.69, 9.17) is 9.47 Å². The molecule has 0 spiro atoms. The summed E-state index contributed by atoms with van der Waals surface area (Å²) in [5.41, 5.74) is 0.510. The minimum absolute atomic E-state index is 0.301. The molecule has 0 saturated heterocycles. The number of anilines is 1. The van der Waals surface area contributed by atoms with Gasteiger partial charge in [0.25, 0.3) is 10.0 Å². The summed E-state index contributed by atoms with van der Waals surface area (Å²) in [7, 11) is 1.01. The highest BCUT2D eigenvalue weighted by molar-refractivity contribution is 7.94. The molecule has 0 bridgehead atoms. The number of ether oxygens (including phenoxy) is 2. The molecule has 0 atom stereocenters. The summed E-state index contributed by atoms with van der Waals surface area (Å²) in [4.78, 5) is 0. The maximum absolute atomic E-state index is 12.4. The normalized spacial score (nSPS) is 11.2. The molecule has 2 rings (SSSR count). The lowest BCUT2D eigenvalue weighted by Gasteiger charge is -2.19. The molecule has 1 heterocycles. The zero-order chi connectivity index (χ0) is 14.8. The summed E-state index contributed by atoms with van der Waals surface area (Å²) >= 11 is 1.18. The first-order valence-electron chi connectivity index (χ1n) is 5.75. The summed E-state index contributed by atoms with van der Waals surface area (Å²) in [6.45, 7) is 0. The molecule has 0 aliphatic rings. The van der Waals surface area contributed by atoms with E-state index in [0.29, 0.717) is 21.4 Å². The number of rotatable bonds is 5. The highest BCUT2D eigenvalue weighted by atomic mass is 32.2. The van der Waals surface area contributed by atoms with E-state index in [2.05, 4.69) is 0 Å². The Morgan fingerprint density at radius 2 is 1.80 bits per heavy atom. The summed E-state index contributed by atoms with van der Waals surface area (Å²) < 4.78 is 36.7. The third-order valence-electron chi connectivity index (χ3n) is 2.84. The van der Waals surface area contributed by atoms with E-state index >= 15 is 0 Å². The van der Waals surface area contributed by atoms with Crippen molar-refractivity contribution in [1.82, 2.24) is 0 Å². The predicted octanol–water partition coefficient (Wildman–Crippen LogP) is 2.59. The first kappa shape index (κ1) is 14.7. The van der Waals surface area contributed by atoms with Crippen LogP contribution in [0.15, 0.2) is 39.9 Å². The van der Waals surface area contributed by atoms with Gasteiger partial charge in [-0.25, -0.2) is 8.42 Å². The Kier molecular flexibility index (Phi) is 4.20. The fraction of sp³-hybridized carbons (Fsp3) is 0.231. The number of hydrogen-bond donors (Lipinski definition) is 0. The van der Waals surface area contributed by atoms with Gasteiger partial charge in [-0.3, -0.25) is 4.31 Å².